The molecule has 1 atom stereocenters. The number of carbonyl (C=O) groups is 1. The van der Waals surface area contributed by atoms with Crippen LogP contribution in [0, 0.1) is 0 Å². The molecule has 2 aliphatic rings. The number of nitrogens with one attached hydrogen (secondary N) is 1. The summed E-state index contributed by atoms with van der Waals surface area (Å²) in [5.41, 5.74) is 2.65. The fourth-order valence-corrected chi connectivity index (χ4v) is 5.22. The third-order valence-corrected chi connectivity index (χ3v) is 7.09. The molecule has 1 saturated heterocycles. The number of ether oxygens (including phenoxy) is 1. The van der Waals surface area contributed by atoms with Crippen LogP contribution in [0.3, 0.4) is 0 Å². The summed E-state index contributed by atoms with van der Waals surface area (Å²) in [7, 11) is 3.50. The molecule has 1 aromatic heterocycles. The van der Waals surface area contributed by atoms with Crippen LogP contribution in [0.25, 0.3) is 0 Å². The van der Waals surface area contributed by atoms with E-state index in [2.05, 4.69) is 38.8 Å². The van der Waals surface area contributed by atoms with E-state index in [0.717, 1.165) is 50.7 Å². The molecule has 0 spiro atoms. The van der Waals surface area contributed by atoms with Gasteiger partial charge in [0.2, 0.25) is 5.91 Å². The normalized spacial score (nSPS) is 19.0. The van der Waals surface area contributed by atoms with Crippen LogP contribution < -0.4 is 10.1 Å². The van der Waals surface area contributed by atoms with Gasteiger partial charge >= 0.3 is 0 Å². The van der Waals surface area contributed by atoms with E-state index in [0.29, 0.717) is 18.9 Å². The number of likely N-dealkylation sites (tertiary alicyclic amines) is 1. The van der Waals surface area contributed by atoms with Gasteiger partial charge in [-0.25, -0.2) is 0 Å². The lowest BCUT2D eigenvalue weighted by Crippen LogP contribution is -2.42. The molecular weight excluding hydrogens is 396 g/mol. The fraction of sp³-hybridized carbons (Fsp3) is 0.478. The van der Waals surface area contributed by atoms with Crippen LogP contribution in [-0.4, -0.2) is 62.0 Å². The van der Waals surface area contributed by atoms with Gasteiger partial charge in [0.15, 0.2) is 5.96 Å². The number of fused-ring (bicyclic) bond motifs is 1. The van der Waals surface area contributed by atoms with Crippen molar-refractivity contribution in [1.82, 2.24) is 15.1 Å². The Morgan fingerprint density at radius 2 is 2.07 bits per heavy atom. The van der Waals surface area contributed by atoms with Crippen molar-refractivity contribution in [3.05, 3.63) is 51.7 Å². The van der Waals surface area contributed by atoms with Crippen LogP contribution in [0.1, 0.15) is 34.8 Å². The molecule has 0 bridgehead atoms. The van der Waals surface area contributed by atoms with E-state index >= 15 is 0 Å². The Kier molecular flexibility index (Phi) is 6.57. The maximum absolute atomic E-state index is 12.6. The number of guanidine groups is 1. The van der Waals surface area contributed by atoms with Crippen LogP contribution in [0.2, 0.25) is 0 Å². The summed E-state index contributed by atoms with van der Waals surface area (Å²) in [5, 5.41) is 5.52. The highest BCUT2D eigenvalue weighted by Gasteiger charge is 2.26. The van der Waals surface area contributed by atoms with Gasteiger partial charge in [-0.1, -0.05) is 12.1 Å². The van der Waals surface area contributed by atoms with Crippen LogP contribution >= 0.6 is 11.3 Å². The van der Waals surface area contributed by atoms with Crippen molar-refractivity contribution in [1.29, 1.82) is 0 Å². The minimum absolute atomic E-state index is 0.215. The summed E-state index contributed by atoms with van der Waals surface area (Å²) in [6, 6.07) is 10.5. The van der Waals surface area contributed by atoms with Gasteiger partial charge in [-0.2, -0.15) is 0 Å². The van der Waals surface area contributed by atoms with Crippen molar-refractivity contribution in [3.63, 3.8) is 0 Å². The molecule has 1 fully saturated rings. The Bertz CT molecular complexity index is 893. The Morgan fingerprint density at radius 1 is 1.23 bits per heavy atom. The van der Waals surface area contributed by atoms with Gasteiger partial charge in [-0.15, -0.1) is 11.3 Å². The molecule has 0 aliphatic carbocycles. The maximum Gasteiger partial charge on any atom is 0.224 e. The molecule has 1 unspecified atom stereocenters. The van der Waals surface area contributed by atoms with E-state index in [1.165, 1.54) is 16.0 Å². The highest BCUT2D eigenvalue weighted by Crippen LogP contribution is 2.28. The van der Waals surface area contributed by atoms with Crippen molar-refractivity contribution < 1.29 is 9.53 Å². The minimum atomic E-state index is 0.215. The van der Waals surface area contributed by atoms with Gasteiger partial charge in [0, 0.05) is 57.0 Å². The molecule has 2 aromatic rings. The molecule has 2 aliphatic heterocycles. The fourth-order valence-electron chi connectivity index (χ4n) is 4.33. The van der Waals surface area contributed by atoms with Gasteiger partial charge in [-0.05, 0) is 47.5 Å². The Morgan fingerprint density at radius 3 is 2.83 bits per heavy atom. The summed E-state index contributed by atoms with van der Waals surface area (Å²) in [6.07, 6.45) is 2.57. The second-order valence-electron chi connectivity index (χ2n) is 7.86. The van der Waals surface area contributed by atoms with Crippen LogP contribution in [0.15, 0.2) is 40.7 Å². The molecule has 7 heteroatoms. The summed E-state index contributed by atoms with van der Waals surface area (Å²) in [6.45, 7) is 4.10. The summed E-state index contributed by atoms with van der Waals surface area (Å²) >= 11 is 1.80. The molecule has 6 nitrogen and oxygen atoms in total. The van der Waals surface area contributed by atoms with E-state index in [9.17, 15) is 4.79 Å². The highest BCUT2D eigenvalue weighted by molar-refractivity contribution is 7.10. The molecule has 1 amide bonds. The quantitative estimate of drug-likeness (QED) is 0.590. The van der Waals surface area contributed by atoms with E-state index in [4.69, 9.17) is 4.74 Å². The number of hydrogen-bond donors (Lipinski definition) is 1. The molecule has 0 radical (unpaired) electrons. The molecule has 1 aromatic carbocycles. The number of aliphatic imine (C=N–C) groups is 1. The van der Waals surface area contributed by atoms with Crippen LogP contribution in [-0.2, 0) is 17.8 Å². The third-order valence-electron chi connectivity index (χ3n) is 6.07. The number of nitrogens with zero attached hydrogens (tertiary/aromatic N) is 3. The molecule has 4 rings (SSSR count). The van der Waals surface area contributed by atoms with Crippen molar-refractivity contribution in [2.75, 3.05) is 40.3 Å². The summed E-state index contributed by atoms with van der Waals surface area (Å²) < 4.78 is 5.26. The lowest BCUT2D eigenvalue weighted by molar-refractivity contribution is -0.131. The van der Waals surface area contributed by atoms with Crippen LogP contribution in [0.4, 0.5) is 0 Å². The largest absolute Gasteiger partial charge is 0.497 e. The number of amides is 1. The zero-order chi connectivity index (χ0) is 20.9. The van der Waals surface area contributed by atoms with Gasteiger partial charge in [0.1, 0.15) is 5.75 Å². The lowest BCUT2D eigenvalue weighted by Gasteiger charge is -2.27. The van der Waals surface area contributed by atoms with Crippen molar-refractivity contribution in [2.24, 2.45) is 4.99 Å². The zero-order valence-corrected chi connectivity index (χ0v) is 18.6. The number of methoxy groups -OCH3 is 1. The zero-order valence-electron chi connectivity index (χ0n) is 17.8. The first-order chi connectivity index (χ1) is 14.7. The SMILES string of the molecule is CN=C(NCCC(=O)N1CCc2sccc2C1)N1CCC(c2ccc(OC)cc2)C1. The first-order valence-electron chi connectivity index (χ1n) is 10.6. The molecule has 30 heavy (non-hydrogen) atoms. The predicted octanol–water partition coefficient (Wildman–Crippen LogP) is 3.10. The van der Waals surface area contributed by atoms with E-state index in [1.807, 2.05) is 24.1 Å². The topological polar surface area (TPSA) is 57.2 Å². The maximum atomic E-state index is 12.6. The number of carbonyl (C=O) groups excluding carboxylic acids is 1. The van der Waals surface area contributed by atoms with E-state index in [1.54, 1.807) is 18.4 Å². The molecule has 160 valence electrons. The molecule has 1 N–H and O–H groups in total. The summed E-state index contributed by atoms with van der Waals surface area (Å²) in [4.78, 5) is 22.8. The first kappa shape index (κ1) is 20.7. The third kappa shape index (κ3) is 4.61. The standard InChI is InChI=1S/C23H30N4O2S/c1-24-23(27-12-8-18(15-27)17-3-5-20(29-2)6-4-17)25-11-7-22(28)26-13-9-21-19(16-26)10-14-30-21/h3-6,10,14,18H,7-9,11-13,15-16H2,1-2H3,(H,24,25). The predicted molar refractivity (Wildman–Crippen MR) is 121 cm³/mol. The Labute approximate surface area is 182 Å². The molecule has 3 heterocycles. The number of benzene rings is 1. The highest BCUT2D eigenvalue weighted by atomic mass is 32.1. The Balaban J connectivity index is 1.24. The number of hydrogen-bond acceptors (Lipinski definition) is 4. The van der Waals surface area contributed by atoms with Gasteiger partial charge in [0.25, 0.3) is 0 Å². The first-order valence-corrected chi connectivity index (χ1v) is 11.5. The average Bonchev–Trinajstić information content (AvgIpc) is 3.46. The lowest BCUT2D eigenvalue weighted by atomic mass is 9.98. The van der Waals surface area contributed by atoms with Crippen molar-refractivity contribution in [3.8, 4) is 5.75 Å². The number of rotatable bonds is 5. The molecular formula is C23H30N4O2S. The van der Waals surface area contributed by atoms with E-state index in [-0.39, 0.29) is 5.91 Å². The monoisotopic (exact) mass is 426 g/mol. The average molecular weight is 427 g/mol. The van der Waals surface area contributed by atoms with Gasteiger partial charge in [-0.3, -0.25) is 9.79 Å². The number of thiophene rings is 1. The van der Waals surface area contributed by atoms with Crippen LogP contribution in [0.5, 0.6) is 5.75 Å². The minimum Gasteiger partial charge on any atom is -0.497 e. The smallest absolute Gasteiger partial charge is 0.224 e. The van der Waals surface area contributed by atoms with Gasteiger partial charge < -0.3 is 19.9 Å². The molecule has 0 saturated carbocycles. The second-order valence-corrected chi connectivity index (χ2v) is 8.86. The van der Waals surface area contributed by atoms with Gasteiger partial charge in [0.05, 0.1) is 7.11 Å². The van der Waals surface area contributed by atoms with E-state index < -0.39 is 0 Å². The summed E-state index contributed by atoms with van der Waals surface area (Å²) in [5.74, 6) is 2.48. The van der Waals surface area contributed by atoms with Crippen molar-refractivity contribution in [2.45, 2.75) is 31.7 Å². The van der Waals surface area contributed by atoms with Crippen molar-refractivity contribution >= 4 is 23.2 Å². The Hall–Kier alpha value is -2.54. The second kappa shape index (κ2) is 9.51.